The van der Waals surface area contributed by atoms with Crippen molar-refractivity contribution in [3.63, 3.8) is 0 Å². The van der Waals surface area contributed by atoms with Gasteiger partial charge < -0.3 is 14.9 Å². The van der Waals surface area contributed by atoms with Crippen molar-refractivity contribution in [1.82, 2.24) is 0 Å². The Labute approximate surface area is 215 Å². The Morgan fingerprint density at radius 3 is 2.36 bits per heavy atom. The minimum atomic E-state index is -1.10. The average molecular weight is 495 g/mol. The molecule has 1 unspecified atom stereocenters. The molecule has 3 saturated carbocycles. The predicted molar refractivity (Wildman–Crippen MR) is 139 cm³/mol. The van der Waals surface area contributed by atoms with Gasteiger partial charge in [0.05, 0.1) is 5.41 Å². The molecule has 5 aliphatic rings. The third-order valence-corrected chi connectivity index (χ3v) is 11.6. The first-order chi connectivity index (χ1) is 16.6. The number of carbonyl (C=O) groups is 2. The number of hydrogen-bond acceptors (Lipinski definition) is 5. The summed E-state index contributed by atoms with van der Waals surface area (Å²) in [6.07, 6.45) is 11.6. The van der Waals surface area contributed by atoms with Crippen LogP contribution in [-0.4, -0.2) is 28.3 Å². The van der Waals surface area contributed by atoms with E-state index in [1.165, 1.54) is 12.5 Å². The highest BCUT2D eigenvalue weighted by Crippen LogP contribution is 2.75. The maximum absolute atomic E-state index is 13.1. The molecule has 0 spiro atoms. The van der Waals surface area contributed by atoms with Gasteiger partial charge in [-0.15, -0.1) is 0 Å². The molecule has 0 aromatic carbocycles. The first kappa shape index (κ1) is 25.5. The number of esters is 1. The molecule has 0 saturated heterocycles. The number of allylic oxidation sites excluding steroid dienone is 7. The van der Waals surface area contributed by atoms with E-state index in [0.29, 0.717) is 11.5 Å². The van der Waals surface area contributed by atoms with Gasteiger partial charge >= 0.3 is 5.97 Å². The number of ketones is 1. The summed E-state index contributed by atoms with van der Waals surface area (Å²) in [7, 11) is 0. The Bertz CT molecular complexity index is 1170. The zero-order valence-electron chi connectivity index (χ0n) is 23.0. The van der Waals surface area contributed by atoms with Gasteiger partial charge in [0, 0.05) is 11.0 Å². The molecule has 5 aliphatic carbocycles. The molecule has 196 valence electrons. The predicted octanol–water partition coefficient (Wildman–Crippen LogP) is 6.49. The molecule has 0 amide bonds. The third kappa shape index (κ3) is 3.17. The number of carbonyl (C=O) groups excluding carboxylic acids is 2. The van der Waals surface area contributed by atoms with Crippen LogP contribution in [0.5, 0.6) is 0 Å². The number of aliphatic hydroxyl groups is 2. The minimum absolute atomic E-state index is 0.0181. The third-order valence-electron chi connectivity index (χ3n) is 11.6. The lowest BCUT2D eigenvalue weighted by Crippen LogP contribution is -2.62. The van der Waals surface area contributed by atoms with Crippen molar-refractivity contribution in [3.05, 3.63) is 46.3 Å². The van der Waals surface area contributed by atoms with Crippen molar-refractivity contribution in [2.45, 2.75) is 99.7 Å². The number of hydrogen-bond donors (Lipinski definition) is 2. The Morgan fingerprint density at radius 2 is 1.69 bits per heavy atom. The van der Waals surface area contributed by atoms with E-state index in [-0.39, 0.29) is 39.2 Å². The summed E-state index contributed by atoms with van der Waals surface area (Å²) in [5.74, 6) is -0.381. The van der Waals surface area contributed by atoms with Crippen LogP contribution < -0.4 is 0 Å². The maximum atomic E-state index is 13.1. The van der Waals surface area contributed by atoms with E-state index in [1.807, 2.05) is 13.8 Å². The lowest BCUT2D eigenvalue weighted by atomic mass is 9.34. The summed E-state index contributed by atoms with van der Waals surface area (Å²) >= 11 is 0. The number of rotatable bonds is 2. The van der Waals surface area contributed by atoms with Crippen LogP contribution in [0.25, 0.3) is 0 Å². The van der Waals surface area contributed by atoms with Gasteiger partial charge in [-0.25, -0.2) is 0 Å². The quantitative estimate of drug-likeness (QED) is 0.338. The molecular formula is C31H42O5. The minimum Gasteiger partial charge on any atom is -0.504 e. The molecule has 36 heavy (non-hydrogen) atoms. The molecule has 0 bridgehead atoms. The van der Waals surface area contributed by atoms with Crippen molar-refractivity contribution < 1.29 is 24.5 Å². The van der Waals surface area contributed by atoms with Gasteiger partial charge in [0.25, 0.3) is 0 Å². The first-order valence-electron chi connectivity index (χ1n) is 13.6. The lowest BCUT2D eigenvalue weighted by molar-refractivity contribution is -0.195. The molecule has 7 atom stereocenters. The lowest BCUT2D eigenvalue weighted by Gasteiger charge is -2.70. The van der Waals surface area contributed by atoms with Crippen molar-refractivity contribution >= 4 is 11.8 Å². The SMILES string of the molecule is CC1=C(O)C(=O)C=C2C1=CC=C1[C@@]2(C)CC[C@@]2(C)[C@@H]3C[C@](C)(C(=O)OC(C)O)CC[C@]3(C)CC[C@]12C. The van der Waals surface area contributed by atoms with E-state index in [1.54, 1.807) is 6.08 Å². The van der Waals surface area contributed by atoms with Crippen molar-refractivity contribution in [2.24, 2.45) is 33.0 Å². The van der Waals surface area contributed by atoms with E-state index >= 15 is 0 Å². The highest BCUT2D eigenvalue weighted by molar-refractivity contribution is 6.06. The van der Waals surface area contributed by atoms with E-state index in [4.69, 9.17) is 4.74 Å². The van der Waals surface area contributed by atoms with Gasteiger partial charge in [0.1, 0.15) is 0 Å². The van der Waals surface area contributed by atoms with Crippen LogP contribution in [-0.2, 0) is 14.3 Å². The molecule has 0 aliphatic heterocycles. The average Bonchev–Trinajstić information content (AvgIpc) is 2.80. The molecule has 5 rings (SSSR count). The Balaban J connectivity index is 1.59. The van der Waals surface area contributed by atoms with Gasteiger partial charge in [0.15, 0.2) is 12.0 Å². The molecule has 5 nitrogen and oxygen atoms in total. The van der Waals surface area contributed by atoms with Crippen LogP contribution in [0, 0.1) is 33.0 Å². The van der Waals surface area contributed by atoms with Crippen LogP contribution in [0.3, 0.4) is 0 Å². The smallest absolute Gasteiger partial charge is 0.314 e. The van der Waals surface area contributed by atoms with Gasteiger partial charge in [-0.2, -0.15) is 0 Å². The number of fused-ring (bicyclic) bond motifs is 7. The van der Waals surface area contributed by atoms with Crippen LogP contribution >= 0.6 is 0 Å². The number of ether oxygens (including phenoxy) is 1. The zero-order chi connectivity index (χ0) is 26.5. The second-order valence-corrected chi connectivity index (χ2v) is 13.6. The fourth-order valence-electron chi connectivity index (χ4n) is 8.94. The van der Waals surface area contributed by atoms with Gasteiger partial charge in [0.2, 0.25) is 5.78 Å². The van der Waals surface area contributed by atoms with Crippen LogP contribution in [0.2, 0.25) is 0 Å². The topological polar surface area (TPSA) is 83.8 Å². The monoisotopic (exact) mass is 494 g/mol. The highest BCUT2D eigenvalue weighted by atomic mass is 16.6. The fraction of sp³-hybridized carbons (Fsp3) is 0.677. The molecule has 3 fully saturated rings. The molecule has 0 heterocycles. The molecule has 0 radical (unpaired) electrons. The molecule has 2 N–H and O–H groups in total. The zero-order valence-corrected chi connectivity index (χ0v) is 23.0. The van der Waals surface area contributed by atoms with E-state index in [0.717, 1.165) is 56.1 Å². The van der Waals surface area contributed by atoms with Gasteiger partial charge in [-0.3, -0.25) is 9.59 Å². The Kier molecular flexibility index (Phi) is 5.45. The maximum Gasteiger partial charge on any atom is 0.314 e. The fourth-order valence-corrected chi connectivity index (χ4v) is 8.94. The second kappa shape index (κ2) is 7.69. The Hall–Kier alpha value is -2.14. The van der Waals surface area contributed by atoms with Crippen LogP contribution in [0.4, 0.5) is 0 Å². The van der Waals surface area contributed by atoms with Crippen LogP contribution in [0.15, 0.2) is 46.3 Å². The van der Waals surface area contributed by atoms with Gasteiger partial charge in [-0.05, 0) is 105 Å². The molecule has 0 aromatic heterocycles. The summed E-state index contributed by atoms with van der Waals surface area (Å²) < 4.78 is 5.32. The summed E-state index contributed by atoms with van der Waals surface area (Å²) in [6, 6.07) is 0. The summed E-state index contributed by atoms with van der Waals surface area (Å²) in [5, 5.41) is 20.1. The molecule has 5 heteroatoms. The second-order valence-electron chi connectivity index (χ2n) is 13.6. The van der Waals surface area contributed by atoms with Crippen LogP contribution in [0.1, 0.15) is 93.4 Å². The van der Waals surface area contributed by atoms with E-state index < -0.39 is 11.7 Å². The summed E-state index contributed by atoms with van der Waals surface area (Å²) in [5.41, 5.74) is 3.29. The van der Waals surface area contributed by atoms with E-state index in [2.05, 4.69) is 39.8 Å². The largest absolute Gasteiger partial charge is 0.504 e. The first-order valence-corrected chi connectivity index (χ1v) is 13.6. The normalized spacial score (nSPS) is 44.7. The Morgan fingerprint density at radius 1 is 1.03 bits per heavy atom. The van der Waals surface area contributed by atoms with Crippen molar-refractivity contribution in [3.8, 4) is 0 Å². The standard InChI is InChI=1S/C31H42O5/c1-18-20-8-9-23-29(5,21(20)16-22(33)25(18)34)13-15-31(7)24-17-28(4,26(35)36-19(2)32)11-10-27(24,3)12-14-30(23,31)6/h8-9,16,19,24,32,34H,10-15,17H2,1-7H3/t19?,24-,27-,28-,29+,30-,31+/m1/s1. The van der Waals surface area contributed by atoms with E-state index in [9.17, 15) is 19.8 Å². The number of aliphatic hydroxyl groups excluding tert-OH is 2. The van der Waals surface area contributed by atoms with Crippen molar-refractivity contribution in [2.75, 3.05) is 0 Å². The van der Waals surface area contributed by atoms with Gasteiger partial charge in [-0.1, -0.05) is 45.4 Å². The van der Waals surface area contributed by atoms with Crippen molar-refractivity contribution in [1.29, 1.82) is 0 Å². The molecule has 0 aromatic rings. The summed E-state index contributed by atoms with van der Waals surface area (Å²) in [4.78, 5) is 25.8. The highest BCUT2D eigenvalue weighted by Gasteiger charge is 2.67. The summed E-state index contributed by atoms with van der Waals surface area (Å²) in [6.45, 7) is 14.9. The molecular weight excluding hydrogens is 452 g/mol.